The van der Waals surface area contributed by atoms with E-state index in [-0.39, 0.29) is 0 Å². The molecule has 0 bridgehead atoms. The largest absolute Gasteiger partial charge is 0.453 e. The molecule has 0 aromatic heterocycles. The fourth-order valence-corrected chi connectivity index (χ4v) is 2.39. The van der Waals surface area contributed by atoms with Crippen LogP contribution in [0.5, 0.6) is 0 Å². The molecule has 0 saturated carbocycles. The second-order valence-corrected chi connectivity index (χ2v) is 6.38. The van der Waals surface area contributed by atoms with E-state index in [1.54, 1.807) is 33.8 Å². The molecular formula is C17H28O6. The van der Waals surface area contributed by atoms with Crippen molar-refractivity contribution in [2.24, 2.45) is 0 Å². The zero-order chi connectivity index (χ0) is 17.8. The number of ether oxygens (including phenoxy) is 2. The number of aliphatic hydroxyl groups excluding tert-OH is 2. The topological polar surface area (TPSA) is 96.2 Å². The third kappa shape index (κ3) is 5.42. The summed E-state index contributed by atoms with van der Waals surface area (Å²) >= 11 is 0. The SMILES string of the molecule is C=CC(C)(O)CCC=C(C)C(=O)OC1C(C)OC(C)C(O)C1O. The molecule has 1 rings (SSSR count). The predicted octanol–water partition coefficient (Wildman–Crippen LogP) is 1.09. The zero-order valence-electron chi connectivity index (χ0n) is 14.2. The third-order valence-electron chi connectivity index (χ3n) is 4.17. The van der Waals surface area contributed by atoms with Crippen LogP contribution in [0.15, 0.2) is 24.3 Å². The normalized spacial score (nSPS) is 34.6. The number of carbonyl (C=O) groups excluding carboxylic acids is 1. The van der Waals surface area contributed by atoms with Crippen LogP contribution in [-0.2, 0) is 14.3 Å². The van der Waals surface area contributed by atoms with Crippen molar-refractivity contribution < 1.29 is 29.6 Å². The summed E-state index contributed by atoms with van der Waals surface area (Å²) in [5.74, 6) is -0.579. The van der Waals surface area contributed by atoms with Gasteiger partial charge in [-0.1, -0.05) is 12.2 Å². The molecule has 132 valence electrons. The first-order valence-corrected chi connectivity index (χ1v) is 7.84. The number of rotatable bonds is 6. The molecule has 6 atom stereocenters. The van der Waals surface area contributed by atoms with E-state index in [0.29, 0.717) is 18.4 Å². The maximum absolute atomic E-state index is 12.1. The highest BCUT2D eigenvalue weighted by atomic mass is 16.6. The van der Waals surface area contributed by atoms with Gasteiger partial charge < -0.3 is 24.8 Å². The summed E-state index contributed by atoms with van der Waals surface area (Å²) in [7, 11) is 0. The molecule has 6 nitrogen and oxygen atoms in total. The van der Waals surface area contributed by atoms with Gasteiger partial charge >= 0.3 is 5.97 Å². The lowest BCUT2D eigenvalue weighted by molar-refractivity contribution is -0.223. The molecule has 3 N–H and O–H groups in total. The van der Waals surface area contributed by atoms with Gasteiger partial charge in [-0.2, -0.15) is 0 Å². The maximum Gasteiger partial charge on any atom is 0.333 e. The Kier molecular flexibility index (Phi) is 6.95. The first kappa shape index (κ1) is 19.8. The number of hydrogen-bond acceptors (Lipinski definition) is 6. The van der Waals surface area contributed by atoms with Gasteiger partial charge in [-0.25, -0.2) is 4.79 Å². The monoisotopic (exact) mass is 328 g/mol. The number of allylic oxidation sites excluding steroid dienone is 1. The smallest absolute Gasteiger partial charge is 0.333 e. The number of carbonyl (C=O) groups is 1. The van der Waals surface area contributed by atoms with Gasteiger partial charge in [-0.3, -0.25) is 0 Å². The standard InChI is InChI=1S/C17H28O6/c1-6-17(5,21)9-7-8-10(2)16(20)23-15-12(4)22-11(3)13(18)14(15)19/h6,8,11-15,18-19,21H,1,7,9H2,2-5H3. The fourth-order valence-electron chi connectivity index (χ4n) is 2.39. The molecular weight excluding hydrogens is 300 g/mol. The first-order chi connectivity index (χ1) is 10.6. The van der Waals surface area contributed by atoms with Crippen molar-refractivity contribution in [2.75, 3.05) is 0 Å². The van der Waals surface area contributed by atoms with Gasteiger partial charge in [0.1, 0.15) is 12.2 Å². The molecule has 0 aliphatic carbocycles. The Morgan fingerprint density at radius 2 is 1.91 bits per heavy atom. The van der Waals surface area contributed by atoms with Crippen molar-refractivity contribution in [3.63, 3.8) is 0 Å². The molecule has 0 radical (unpaired) electrons. The summed E-state index contributed by atoms with van der Waals surface area (Å²) < 4.78 is 10.7. The van der Waals surface area contributed by atoms with Crippen molar-refractivity contribution in [1.82, 2.24) is 0 Å². The average Bonchev–Trinajstić information content (AvgIpc) is 2.48. The molecule has 0 aromatic rings. The quantitative estimate of drug-likeness (QED) is 0.384. The summed E-state index contributed by atoms with van der Waals surface area (Å²) in [6.07, 6.45) is -0.207. The van der Waals surface area contributed by atoms with E-state index in [1.165, 1.54) is 6.08 Å². The highest BCUT2D eigenvalue weighted by Gasteiger charge is 2.43. The number of aliphatic hydroxyl groups is 3. The zero-order valence-corrected chi connectivity index (χ0v) is 14.2. The molecule has 1 aliphatic rings. The Morgan fingerprint density at radius 1 is 1.30 bits per heavy atom. The molecule has 1 saturated heterocycles. The first-order valence-electron chi connectivity index (χ1n) is 7.84. The molecule has 6 unspecified atom stereocenters. The lowest BCUT2D eigenvalue weighted by Gasteiger charge is -2.39. The molecule has 0 amide bonds. The lowest BCUT2D eigenvalue weighted by Crippen LogP contribution is -2.57. The van der Waals surface area contributed by atoms with E-state index in [2.05, 4.69) is 6.58 Å². The predicted molar refractivity (Wildman–Crippen MR) is 85.7 cm³/mol. The molecule has 0 aromatic carbocycles. The fraction of sp³-hybridized carbons (Fsp3) is 0.706. The maximum atomic E-state index is 12.1. The van der Waals surface area contributed by atoms with Crippen molar-refractivity contribution in [2.45, 2.75) is 76.7 Å². The van der Waals surface area contributed by atoms with E-state index in [9.17, 15) is 20.1 Å². The summed E-state index contributed by atoms with van der Waals surface area (Å²) in [5.41, 5.74) is -0.611. The minimum absolute atomic E-state index is 0.373. The second kappa shape index (κ2) is 8.06. The van der Waals surface area contributed by atoms with E-state index in [1.807, 2.05) is 0 Å². The van der Waals surface area contributed by atoms with Crippen LogP contribution in [0.2, 0.25) is 0 Å². The van der Waals surface area contributed by atoms with Crippen molar-refractivity contribution in [1.29, 1.82) is 0 Å². The van der Waals surface area contributed by atoms with E-state index in [4.69, 9.17) is 9.47 Å². The van der Waals surface area contributed by atoms with Gasteiger partial charge in [-0.15, -0.1) is 6.58 Å². The Morgan fingerprint density at radius 3 is 2.48 bits per heavy atom. The van der Waals surface area contributed by atoms with E-state index < -0.39 is 42.1 Å². The van der Waals surface area contributed by atoms with Gasteiger partial charge in [0, 0.05) is 5.57 Å². The Bertz CT molecular complexity index is 456. The number of hydrogen-bond donors (Lipinski definition) is 3. The molecule has 1 fully saturated rings. The lowest BCUT2D eigenvalue weighted by atomic mass is 9.96. The minimum Gasteiger partial charge on any atom is -0.453 e. The van der Waals surface area contributed by atoms with Crippen LogP contribution in [0.3, 0.4) is 0 Å². The van der Waals surface area contributed by atoms with Crippen LogP contribution >= 0.6 is 0 Å². The van der Waals surface area contributed by atoms with Gasteiger partial charge in [-0.05, 0) is 40.5 Å². The summed E-state index contributed by atoms with van der Waals surface area (Å²) in [4.78, 5) is 12.1. The van der Waals surface area contributed by atoms with Crippen LogP contribution in [-0.4, -0.2) is 57.4 Å². The van der Waals surface area contributed by atoms with Gasteiger partial charge in [0.25, 0.3) is 0 Å². The highest BCUT2D eigenvalue weighted by molar-refractivity contribution is 5.87. The van der Waals surface area contributed by atoms with E-state index in [0.717, 1.165) is 0 Å². The minimum atomic E-state index is -1.19. The summed E-state index contributed by atoms with van der Waals surface area (Å²) in [5, 5.41) is 29.7. The summed E-state index contributed by atoms with van der Waals surface area (Å²) in [6.45, 7) is 10.1. The Balaban J connectivity index is 2.62. The highest BCUT2D eigenvalue weighted by Crippen LogP contribution is 2.24. The van der Waals surface area contributed by atoms with Crippen molar-refractivity contribution >= 4 is 5.97 Å². The molecule has 23 heavy (non-hydrogen) atoms. The van der Waals surface area contributed by atoms with Gasteiger partial charge in [0.05, 0.1) is 17.8 Å². The van der Waals surface area contributed by atoms with Gasteiger partial charge in [0.15, 0.2) is 6.10 Å². The summed E-state index contributed by atoms with van der Waals surface area (Å²) in [6, 6.07) is 0. The average molecular weight is 328 g/mol. The van der Waals surface area contributed by atoms with Crippen LogP contribution < -0.4 is 0 Å². The Labute approximate surface area is 137 Å². The van der Waals surface area contributed by atoms with Gasteiger partial charge in [0.2, 0.25) is 0 Å². The molecule has 1 heterocycles. The third-order valence-corrected chi connectivity index (χ3v) is 4.17. The van der Waals surface area contributed by atoms with Crippen LogP contribution in [0.1, 0.15) is 40.5 Å². The van der Waals surface area contributed by atoms with E-state index >= 15 is 0 Å². The second-order valence-electron chi connectivity index (χ2n) is 6.38. The van der Waals surface area contributed by atoms with Crippen molar-refractivity contribution in [3.05, 3.63) is 24.3 Å². The van der Waals surface area contributed by atoms with Crippen molar-refractivity contribution in [3.8, 4) is 0 Å². The molecule has 0 spiro atoms. The number of esters is 1. The molecule has 6 heteroatoms. The molecule has 1 aliphatic heterocycles. The Hall–Kier alpha value is -1.21. The van der Waals surface area contributed by atoms with Crippen LogP contribution in [0.25, 0.3) is 0 Å². The van der Waals surface area contributed by atoms with Crippen LogP contribution in [0, 0.1) is 0 Å². The van der Waals surface area contributed by atoms with Crippen LogP contribution in [0.4, 0.5) is 0 Å².